The maximum atomic E-state index is 8.78. The van der Waals surface area contributed by atoms with E-state index in [0.717, 1.165) is 25.9 Å². The smallest absolute Gasteiger partial charge is 0.0683 e. The van der Waals surface area contributed by atoms with Gasteiger partial charge in [-0.15, -0.1) is 0 Å². The Hall–Kier alpha value is -0.590. The van der Waals surface area contributed by atoms with E-state index in [4.69, 9.17) is 10.4 Å². The number of nitrogens with zero attached hydrogens (tertiary/aromatic N) is 1. The van der Waals surface area contributed by atoms with Gasteiger partial charge in [-0.2, -0.15) is 5.26 Å². The van der Waals surface area contributed by atoms with E-state index in [0.29, 0.717) is 5.92 Å². The van der Waals surface area contributed by atoms with E-state index >= 15 is 0 Å². The third-order valence-corrected chi connectivity index (χ3v) is 2.26. The van der Waals surface area contributed by atoms with Crippen LogP contribution in [0.2, 0.25) is 0 Å². The number of nitrogens with one attached hydrogen (secondary N) is 1. The van der Waals surface area contributed by atoms with Crippen molar-refractivity contribution in [1.82, 2.24) is 5.32 Å². The molecule has 0 aliphatic carbocycles. The average molecular weight is 198 g/mol. The van der Waals surface area contributed by atoms with Crippen LogP contribution in [0.5, 0.6) is 0 Å². The molecule has 0 heterocycles. The zero-order valence-corrected chi connectivity index (χ0v) is 9.51. The Bertz CT molecular complexity index is 184. The van der Waals surface area contributed by atoms with Gasteiger partial charge in [-0.1, -0.05) is 6.92 Å². The highest BCUT2D eigenvalue weighted by Crippen LogP contribution is 2.19. The number of hydrogen-bond donors (Lipinski definition) is 2. The fraction of sp³-hybridized carbons (Fsp3) is 0.909. The third kappa shape index (κ3) is 6.88. The SMILES string of the molecule is CC(CO)CNCCCC(C)(C)C#N. The molecule has 0 aliphatic rings. The van der Waals surface area contributed by atoms with Crippen molar-refractivity contribution in [2.24, 2.45) is 11.3 Å². The molecule has 0 bridgehead atoms. The van der Waals surface area contributed by atoms with Crippen LogP contribution in [-0.2, 0) is 0 Å². The zero-order valence-electron chi connectivity index (χ0n) is 9.51. The number of aliphatic hydroxyl groups excluding tert-OH is 1. The summed E-state index contributed by atoms with van der Waals surface area (Å²) in [6, 6.07) is 2.28. The first-order valence-corrected chi connectivity index (χ1v) is 5.24. The number of nitriles is 1. The molecule has 2 N–H and O–H groups in total. The summed E-state index contributed by atoms with van der Waals surface area (Å²) in [5.74, 6) is 0.318. The molecule has 0 amide bonds. The minimum absolute atomic E-state index is 0.204. The van der Waals surface area contributed by atoms with Gasteiger partial charge in [-0.3, -0.25) is 0 Å². The van der Waals surface area contributed by atoms with Crippen molar-refractivity contribution < 1.29 is 5.11 Å². The summed E-state index contributed by atoms with van der Waals surface area (Å²) >= 11 is 0. The van der Waals surface area contributed by atoms with Crippen LogP contribution in [0.4, 0.5) is 0 Å². The van der Waals surface area contributed by atoms with Crippen LogP contribution in [0.25, 0.3) is 0 Å². The quantitative estimate of drug-likeness (QED) is 0.610. The van der Waals surface area contributed by atoms with Gasteiger partial charge in [0.25, 0.3) is 0 Å². The lowest BCUT2D eigenvalue weighted by Crippen LogP contribution is -2.25. The van der Waals surface area contributed by atoms with Gasteiger partial charge in [-0.05, 0) is 45.7 Å². The second-order valence-electron chi connectivity index (χ2n) is 4.59. The molecule has 1 unspecified atom stereocenters. The van der Waals surface area contributed by atoms with Gasteiger partial charge in [0, 0.05) is 6.61 Å². The van der Waals surface area contributed by atoms with Crippen molar-refractivity contribution >= 4 is 0 Å². The molecular weight excluding hydrogens is 176 g/mol. The fourth-order valence-corrected chi connectivity index (χ4v) is 1.12. The molecule has 0 aromatic rings. The van der Waals surface area contributed by atoms with E-state index < -0.39 is 0 Å². The number of hydrogen-bond acceptors (Lipinski definition) is 3. The van der Waals surface area contributed by atoms with E-state index in [1.54, 1.807) is 0 Å². The summed E-state index contributed by atoms with van der Waals surface area (Å²) < 4.78 is 0. The number of rotatable bonds is 7. The Kier molecular flexibility index (Phi) is 6.52. The Balaban J connectivity index is 3.35. The second kappa shape index (κ2) is 6.80. The molecule has 0 saturated carbocycles. The first-order valence-electron chi connectivity index (χ1n) is 5.24. The molecule has 14 heavy (non-hydrogen) atoms. The van der Waals surface area contributed by atoms with Crippen molar-refractivity contribution in [3.63, 3.8) is 0 Å². The minimum atomic E-state index is -0.204. The van der Waals surface area contributed by atoms with Crippen molar-refractivity contribution in [3.8, 4) is 6.07 Å². The molecule has 0 fully saturated rings. The molecule has 0 aromatic carbocycles. The van der Waals surface area contributed by atoms with E-state index in [-0.39, 0.29) is 12.0 Å². The van der Waals surface area contributed by atoms with Crippen molar-refractivity contribution in [2.75, 3.05) is 19.7 Å². The molecule has 0 radical (unpaired) electrons. The van der Waals surface area contributed by atoms with Gasteiger partial charge in [0.2, 0.25) is 0 Å². The summed E-state index contributed by atoms with van der Waals surface area (Å²) in [5.41, 5.74) is -0.204. The van der Waals surface area contributed by atoms with Crippen LogP contribution in [0, 0.1) is 22.7 Å². The van der Waals surface area contributed by atoms with Gasteiger partial charge in [0.1, 0.15) is 0 Å². The molecule has 3 heteroatoms. The largest absolute Gasteiger partial charge is 0.396 e. The normalized spacial score (nSPS) is 13.6. The Morgan fingerprint density at radius 1 is 1.50 bits per heavy atom. The van der Waals surface area contributed by atoms with Crippen LogP contribution in [0.3, 0.4) is 0 Å². The minimum Gasteiger partial charge on any atom is -0.396 e. The Morgan fingerprint density at radius 3 is 2.64 bits per heavy atom. The molecule has 0 aliphatic heterocycles. The van der Waals surface area contributed by atoms with Crippen molar-refractivity contribution in [2.45, 2.75) is 33.6 Å². The van der Waals surface area contributed by atoms with Gasteiger partial charge in [0.15, 0.2) is 0 Å². The van der Waals surface area contributed by atoms with Gasteiger partial charge in [-0.25, -0.2) is 0 Å². The molecule has 3 nitrogen and oxygen atoms in total. The summed E-state index contributed by atoms with van der Waals surface area (Å²) in [5, 5.41) is 20.8. The van der Waals surface area contributed by atoms with Crippen LogP contribution in [0.15, 0.2) is 0 Å². The lowest BCUT2D eigenvalue weighted by molar-refractivity contribution is 0.233. The monoisotopic (exact) mass is 198 g/mol. The highest BCUT2D eigenvalue weighted by atomic mass is 16.3. The Morgan fingerprint density at radius 2 is 2.14 bits per heavy atom. The topological polar surface area (TPSA) is 56.0 Å². The van der Waals surface area contributed by atoms with Crippen LogP contribution in [-0.4, -0.2) is 24.8 Å². The molecule has 0 saturated heterocycles. The summed E-state index contributed by atoms with van der Waals surface area (Å²) in [7, 11) is 0. The molecule has 0 rings (SSSR count). The number of aliphatic hydroxyl groups is 1. The Labute approximate surface area is 87.1 Å². The summed E-state index contributed by atoms with van der Waals surface area (Å²) in [6.45, 7) is 7.94. The highest BCUT2D eigenvalue weighted by Gasteiger charge is 2.15. The first kappa shape index (κ1) is 13.4. The molecule has 1 atom stereocenters. The lowest BCUT2D eigenvalue weighted by atomic mass is 9.90. The van der Waals surface area contributed by atoms with Crippen LogP contribution >= 0.6 is 0 Å². The maximum Gasteiger partial charge on any atom is 0.0683 e. The summed E-state index contributed by atoms with van der Waals surface area (Å²) in [6.07, 6.45) is 1.93. The lowest BCUT2D eigenvalue weighted by Gasteiger charge is -2.15. The van der Waals surface area contributed by atoms with Gasteiger partial charge in [0.05, 0.1) is 11.5 Å². The van der Waals surface area contributed by atoms with Crippen molar-refractivity contribution in [3.05, 3.63) is 0 Å². The highest BCUT2D eigenvalue weighted by molar-refractivity contribution is 4.91. The predicted molar refractivity (Wildman–Crippen MR) is 57.7 cm³/mol. The van der Waals surface area contributed by atoms with E-state index in [9.17, 15) is 0 Å². The predicted octanol–water partition coefficient (Wildman–Crippen LogP) is 1.53. The molecule has 0 spiro atoms. The first-order chi connectivity index (χ1) is 6.52. The van der Waals surface area contributed by atoms with Gasteiger partial charge >= 0.3 is 0 Å². The van der Waals surface area contributed by atoms with E-state index in [2.05, 4.69) is 11.4 Å². The van der Waals surface area contributed by atoms with Gasteiger partial charge < -0.3 is 10.4 Å². The maximum absolute atomic E-state index is 8.78. The molecular formula is C11H22N2O. The molecule has 82 valence electrons. The second-order valence-corrected chi connectivity index (χ2v) is 4.59. The third-order valence-electron chi connectivity index (χ3n) is 2.26. The standard InChI is InChI=1S/C11H22N2O/c1-10(8-14)7-13-6-4-5-11(2,3)9-12/h10,13-14H,4-8H2,1-3H3. The van der Waals surface area contributed by atoms with E-state index in [1.165, 1.54) is 0 Å². The fourth-order valence-electron chi connectivity index (χ4n) is 1.12. The zero-order chi connectivity index (χ0) is 11.0. The summed E-state index contributed by atoms with van der Waals surface area (Å²) in [4.78, 5) is 0. The van der Waals surface area contributed by atoms with Crippen LogP contribution in [0.1, 0.15) is 33.6 Å². The van der Waals surface area contributed by atoms with E-state index in [1.807, 2.05) is 20.8 Å². The van der Waals surface area contributed by atoms with Crippen molar-refractivity contribution in [1.29, 1.82) is 5.26 Å². The van der Waals surface area contributed by atoms with Crippen LogP contribution < -0.4 is 5.32 Å². The average Bonchev–Trinajstić information content (AvgIpc) is 2.17. The molecule has 0 aromatic heterocycles.